The number of hydrogen-bond donors (Lipinski definition) is 1. The van der Waals surface area contributed by atoms with Gasteiger partial charge in [0.15, 0.2) is 0 Å². The zero-order valence-electron chi connectivity index (χ0n) is 7.44. The first-order valence-corrected chi connectivity index (χ1v) is 6.49. The van der Waals surface area contributed by atoms with Gasteiger partial charge in [-0.05, 0) is 44.5 Å². The number of nitrogens with one attached hydrogen (secondary N) is 1. The highest BCUT2D eigenvalue weighted by molar-refractivity contribution is 9.11. The average Bonchev–Trinajstić information content (AvgIpc) is 2.84. The molecule has 0 aliphatic heterocycles. The normalized spacial score (nSPS) is 10.2. The summed E-state index contributed by atoms with van der Waals surface area (Å²) in [6.45, 7) is 0.527. The van der Waals surface area contributed by atoms with Crippen LogP contribution in [0, 0.1) is 0 Å². The summed E-state index contributed by atoms with van der Waals surface area (Å²) < 4.78 is 4.69. The molecule has 0 saturated carbocycles. The summed E-state index contributed by atoms with van der Waals surface area (Å²) in [7, 11) is 0. The van der Waals surface area contributed by atoms with Crippen LogP contribution in [0.4, 0.5) is 0 Å². The Balaban J connectivity index is 1.91. The Labute approximate surface area is 103 Å². The summed E-state index contributed by atoms with van der Waals surface area (Å²) in [5, 5.41) is 8.39. The second-order valence-electron chi connectivity index (χ2n) is 2.72. The fraction of sp³-hybridized carbons (Fsp3) is 0.125. The van der Waals surface area contributed by atoms with Crippen molar-refractivity contribution in [1.29, 1.82) is 0 Å². The Morgan fingerprint density at radius 3 is 3.07 bits per heavy atom. The number of halogens is 1. The molecular formula is C8H6BrN3OS2. The molecule has 2 heterocycles. The lowest BCUT2D eigenvalue weighted by atomic mass is 10.3. The minimum absolute atomic E-state index is 0.132. The predicted molar refractivity (Wildman–Crippen MR) is 63.1 cm³/mol. The second kappa shape index (κ2) is 4.82. The SMILES string of the molecule is O=C(NCc1csc(Br)c1)c1cnns1. The van der Waals surface area contributed by atoms with Gasteiger partial charge in [0.25, 0.3) is 5.91 Å². The molecule has 0 fully saturated rings. The third kappa shape index (κ3) is 2.83. The van der Waals surface area contributed by atoms with Gasteiger partial charge in [0.05, 0.1) is 9.98 Å². The second-order valence-corrected chi connectivity index (χ2v) is 5.80. The molecule has 78 valence electrons. The standard InChI is InChI=1S/C8H6BrN3OS2/c9-7-1-5(4-14-7)2-10-8(13)6-3-11-12-15-6/h1,3-4H,2H2,(H,10,13). The van der Waals surface area contributed by atoms with Crippen molar-refractivity contribution in [1.82, 2.24) is 14.9 Å². The van der Waals surface area contributed by atoms with E-state index in [1.54, 1.807) is 11.3 Å². The van der Waals surface area contributed by atoms with Gasteiger partial charge in [-0.1, -0.05) is 4.49 Å². The minimum atomic E-state index is -0.132. The highest BCUT2D eigenvalue weighted by atomic mass is 79.9. The maximum atomic E-state index is 11.5. The lowest BCUT2D eigenvalue weighted by molar-refractivity contribution is 0.0955. The first-order chi connectivity index (χ1) is 7.25. The van der Waals surface area contributed by atoms with Gasteiger partial charge < -0.3 is 5.32 Å². The van der Waals surface area contributed by atoms with Gasteiger partial charge in [-0.15, -0.1) is 16.4 Å². The molecular weight excluding hydrogens is 298 g/mol. The summed E-state index contributed by atoms with van der Waals surface area (Å²) in [6, 6.07) is 1.98. The number of aromatic nitrogens is 2. The van der Waals surface area contributed by atoms with Crippen LogP contribution >= 0.6 is 38.8 Å². The summed E-state index contributed by atoms with van der Waals surface area (Å²) in [5.41, 5.74) is 1.08. The molecule has 2 aromatic heterocycles. The smallest absolute Gasteiger partial charge is 0.264 e. The van der Waals surface area contributed by atoms with Gasteiger partial charge in [-0.2, -0.15) is 0 Å². The fourth-order valence-electron chi connectivity index (χ4n) is 0.975. The monoisotopic (exact) mass is 303 g/mol. The van der Waals surface area contributed by atoms with Crippen molar-refractivity contribution in [3.8, 4) is 0 Å². The van der Waals surface area contributed by atoms with E-state index in [1.165, 1.54) is 6.20 Å². The van der Waals surface area contributed by atoms with Gasteiger partial charge >= 0.3 is 0 Å². The van der Waals surface area contributed by atoms with Crippen LogP contribution in [0.1, 0.15) is 15.2 Å². The molecule has 0 radical (unpaired) electrons. The van der Waals surface area contributed by atoms with Crippen molar-refractivity contribution in [3.05, 3.63) is 31.9 Å². The Bertz CT molecular complexity index is 454. The third-order valence-corrected chi connectivity index (χ3v) is 3.88. The van der Waals surface area contributed by atoms with Gasteiger partial charge in [-0.25, -0.2) is 0 Å². The maximum Gasteiger partial charge on any atom is 0.264 e. The van der Waals surface area contributed by atoms with Crippen LogP contribution in [0.25, 0.3) is 0 Å². The van der Waals surface area contributed by atoms with Crippen molar-refractivity contribution in [3.63, 3.8) is 0 Å². The van der Waals surface area contributed by atoms with Gasteiger partial charge in [-0.3, -0.25) is 4.79 Å². The summed E-state index contributed by atoms with van der Waals surface area (Å²) >= 11 is 6.05. The van der Waals surface area contributed by atoms with E-state index in [0.717, 1.165) is 20.9 Å². The predicted octanol–water partition coefficient (Wildman–Crippen LogP) is 2.29. The molecule has 0 spiro atoms. The molecule has 4 nitrogen and oxygen atoms in total. The van der Waals surface area contributed by atoms with Crippen LogP contribution in [-0.4, -0.2) is 15.5 Å². The Morgan fingerprint density at radius 2 is 2.47 bits per heavy atom. The van der Waals surface area contributed by atoms with E-state index in [2.05, 4.69) is 30.8 Å². The van der Waals surface area contributed by atoms with Crippen LogP contribution in [0.2, 0.25) is 0 Å². The lowest BCUT2D eigenvalue weighted by Crippen LogP contribution is -2.21. The zero-order chi connectivity index (χ0) is 10.7. The highest BCUT2D eigenvalue weighted by Gasteiger charge is 2.07. The van der Waals surface area contributed by atoms with Crippen molar-refractivity contribution in [2.24, 2.45) is 0 Å². The fourth-order valence-corrected chi connectivity index (χ4v) is 2.62. The Morgan fingerprint density at radius 1 is 1.60 bits per heavy atom. The van der Waals surface area contributed by atoms with Crippen LogP contribution in [0.5, 0.6) is 0 Å². The number of nitrogens with zero attached hydrogens (tertiary/aromatic N) is 2. The number of carbonyl (C=O) groups is 1. The van der Waals surface area contributed by atoms with Crippen LogP contribution in [-0.2, 0) is 6.54 Å². The van der Waals surface area contributed by atoms with E-state index in [1.807, 2.05) is 11.4 Å². The molecule has 2 aromatic rings. The number of rotatable bonds is 3. The number of thiophene rings is 1. The van der Waals surface area contributed by atoms with Gasteiger partial charge in [0, 0.05) is 6.54 Å². The molecule has 0 unspecified atom stereocenters. The molecule has 15 heavy (non-hydrogen) atoms. The van der Waals surface area contributed by atoms with Crippen molar-refractivity contribution < 1.29 is 4.79 Å². The van der Waals surface area contributed by atoms with Crippen LogP contribution < -0.4 is 5.32 Å². The largest absolute Gasteiger partial charge is 0.347 e. The molecule has 0 aliphatic carbocycles. The van der Waals surface area contributed by atoms with Crippen molar-refractivity contribution >= 4 is 44.7 Å². The molecule has 7 heteroatoms. The number of carbonyl (C=O) groups excluding carboxylic acids is 1. The zero-order valence-corrected chi connectivity index (χ0v) is 10.7. The third-order valence-electron chi connectivity index (χ3n) is 1.66. The van der Waals surface area contributed by atoms with E-state index >= 15 is 0 Å². The van der Waals surface area contributed by atoms with E-state index in [-0.39, 0.29) is 5.91 Å². The molecule has 1 amide bonds. The minimum Gasteiger partial charge on any atom is -0.347 e. The Kier molecular flexibility index (Phi) is 3.45. The van der Waals surface area contributed by atoms with Crippen LogP contribution in [0.3, 0.4) is 0 Å². The molecule has 2 rings (SSSR count). The number of hydrogen-bond acceptors (Lipinski definition) is 5. The molecule has 0 atom stereocenters. The molecule has 0 aliphatic rings. The molecule has 0 saturated heterocycles. The maximum absolute atomic E-state index is 11.5. The lowest BCUT2D eigenvalue weighted by Gasteiger charge is -1.99. The van der Waals surface area contributed by atoms with Gasteiger partial charge in [0.2, 0.25) is 0 Å². The molecule has 0 aromatic carbocycles. The summed E-state index contributed by atoms with van der Waals surface area (Å²) in [4.78, 5) is 12.0. The Hall–Kier alpha value is -0.790. The average molecular weight is 304 g/mol. The first kappa shape index (κ1) is 10.7. The van der Waals surface area contributed by atoms with Crippen molar-refractivity contribution in [2.45, 2.75) is 6.54 Å². The van der Waals surface area contributed by atoms with Gasteiger partial charge in [0.1, 0.15) is 4.88 Å². The topological polar surface area (TPSA) is 54.9 Å². The molecule has 0 bridgehead atoms. The summed E-state index contributed by atoms with van der Waals surface area (Å²) in [5.74, 6) is -0.132. The van der Waals surface area contributed by atoms with E-state index < -0.39 is 0 Å². The van der Waals surface area contributed by atoms with E-state index in [4.69, 9.17) is 0 Å². The quantitative estimate of drug-likeness (QED) is 0.946. The molecule has 1 N–H and O–H groups in total. The van der Waals surface area contributed by atoms with Crippen molar-refractivity contribution in [2.75, 3.05) is 0 Å². The first-order valence-electron chi connectivity index (χ1n) is 4.04. The van der Waals surface area contributed by atoms with Crippen LogP contribution in [0.15, 0.2) is 21.4 Å². The number of amides is 1. The van der Waals surface area contributed by atoms with E-state index in [0.29, 0.717) is 11.4 Å². The summed E-state index contributed by atoms with van der Waals surface area (Å²) in [6.07, 6.45) is 1.46. The highest BCUT2D eigenvalue weighted by Crippen LogP contribution is 2.20. The van der Waals surface area contributed by atoms with E-state index in [9.17, 15) is 4.79 Å².